The monoisotopic (exact) mass is 403 g/mol. The van der Waals surface area contributed by atoms with Crippen LogP contribution in [0.3, 0.4) is 0 Å². The normalized spacial score (nSPS) is 23.3. The maximum atomic E-state index is 10.4. The number of allylic oxidation sites excluding steroid dienone is 1. The summed E-state index contributed by atoms with van der Waals surface area (Å²) in [7, 11) is 5.33. The number of benzene rings is 1. The van der Waals surface area contributed by atoms with Gasteiger partial charge < -0.3 is 24.2 Å². The fourth-order valence-corrected chi connectivity index (χ4v) is 4.81. The summed E-state index contributed by atoms with van der Waals surface area (Å²) in [5.41, 5.74) is 3.05. The summed E-state index contributed by atoms with van der Waals surface area (Å²) in [4.78, 5) is 2.14. The van der Waals surface area contributed by atoms with E-state index in [4.69, 9.17) is 14.2 Å². The van der Waals surface area contributed by atoms with Crippen molar-refractivity contribution in [1.82, 2.24) is 4.90 Å². The second-order valence-electron chi connectivity index (χ2n) is 9.19. The summed E-state index contributed by atoms with van der Waals surface area (Å²) < 4.78 is 16.5. The van der Waals surface area contributed by atoms with Gasteiger partial charge in [-0.2, -0.15) is 0 Å². The Morgan fingerprint density at radius 1 is 1.21 bits per heavy atom. The second kappa shape index (κ2) is 9.50. The summed E-state index contributed by atoms with van der Waals surface area (Å²) in [5, 5.41) is 10.4. The van der Waals surface area contributed by atoms with Gasteiger partial charge in [0, 0.05) is 13.1 Å². The Kier molecular flexibility index (Phi) is 7.25. The van der Waals surface area contributed by atoms with E-state index in [2.05, 4.69) is 30.9 Å². The van der Waals surface area contributed by atoms with Crippen LogP contribution in [0.2, 0.25) is 0 Å². The van der Waals surface area contributed by atoms with Gasteiger partial charge in [0.25, 0.3) is 0 Å². The summed E-state index contributed by atoms with van der Waals surface area (Å²) in [6, 6.07) is 6.00. The van der Waals surface area contributed by atoms with E-state index in [9.17, 15) is 5.11 Å². The molecule has 3 aliphatic rings. The molecule has 1 fully saturated rings. The first kappa shape index (κ1) is 22.1. The number of methoxy groups -OCH3 is 2. The lowest BCUT2D eigenvalue weighted by atomic mass is 9.49. The van der Waals surface area contributed by atoms with Gasteiger partial charge in [-0.25, -0.2) is 0 Å². The Morgan fingerprint density at radius 3 is 2.62 bits per heavy atom. The molecular formula is C24H37NO4. The Labute approximate surface area is 175 Å². The van der Waals surface area contributed by atoms with Gasteiger partial charge in [0.05, 0.1) is 33.5 Å². The maximum Gasteiger partial charge on any atom is 0.160 e. The molecule has 1 aromatic rings. The van der Waals surface area contributed by atoms with Crippen LogP contribution in [0.15, 0.2) is 29.8 Å². The minimum absolute atomic E-state index is 0.384. The number of rotatable bonds is 11. The van der Waals surface area contributed by atoms with Crippen LogP contribution in [-0.4, -0.2) is 63.7 Å². The zero-order valence-corrected chi connectivity index (χ0v) is 18.6. The first-order valence-corrected chi connectivity index (χ1v) is 10.7. The van der Waals surface area contributed by atoms with Crippen molar-refractivity contribution in [3.05, 3.63) is 35.4 Å². The molecule has 0 saturated heterocycles. The van der Waals surface area contributed by atoms with E-state index in [-0.39, 0.29) is 0 Å². The van der Waals surface area contributed by atoms with Crippen molar-refractivity contribution in [1.29, 1.82) is 0 Å². The molecule has 0 radical (unpaired) electrons. The number of likely N-dealkylation sites (N-methyl/N-ethyl adjacent to an activating group) is 1. The van der Waals surface area contributed by atoms with Gasteiger partial charge in [-0.15, -0.1) is 0 Å². The van der Waals surface area contributed by atoms with E-state index in [0.29, 0.717) is 31.1 Å². The molecule has 2 bridgehead atoms. The van der Waals surface area contributed by atoms with E-state index >= 15 is 0 Å². The minimum atomic E-state index is -0.475. The first-order chi connectivity index (χ1) is 13.8. The Hall–Kier alpha value is -1.56. The minimum Gasteiger partial charge on any atom is -0.493 e. The maximum absolute atomic E-state index is 10.4. The van der Waals surface area contributed by atoms with Crippen LogP contribution in [0.1, 0.15) is 32.3 Å². The van der Waals surface area contributed by atoms with Crippen LogP contribution < -0.4 is 9.47 Å². The second-order valence-corrected chi connectivity index (χ2v) is 9.19. The van der Waals surface area contributed by atoms with Gasteiger partial charge in [0.15, 0.2) is 11.5 Å². The van der Waals surface area contributed by atoms with Crippen LogP contribution in [0.4, 0.5) is 0 Å². The molecule has 0 heterocycles. The van der Waals surface area contributed by atoms with Crippen molar-refractivity contribution >= 4 is 0 Å². The number of aliphatic hydroxyl groups is 1. The molecule has 0 aliphatic heterocycles. The number of hydrogen-bond acceptors (Lipinski definition) is 5. The molecule has 1 N–H and O–H groups in total. The zero-order chi connectivity index (χ0) is 21.0. The van der Waals surface area contributed by atoms with Crippen LogP contribution >= 0.6 is 0 Å². The Balaban J connectivity index is 1.36. The molecule has 0 spiro atoms. The number of aliphatic hydroxyl groups excluding tert-OH is 1. The third kappa shape index (κ3) is 5.14. The predicted molar refractivity (Wildman–Crippen MR) is 116 cm³/mol. The number of nitrogens with zero attached hydrogens (tertiary/aromatic N) is 1. The molecule has 3 aliphatic carbocycles. The number of ether oxygens (including phenoxy) is 3. The average Bonchev–Trinajstić information content (AvgIpc) is 2.71. The van der Waals surface area contributed by atoms with Gasteiger partial charge in [-0.05, 0) is 66.8 Å². The van der Waals surface area contributed by atoms with Gasteiger partial charge in [-0.3, -0.25) is 0 Å². The third-order valence-corrected chi connectivity index (χ3v) is 6.91. The number of hydrogen-bond donors (Lipinski definition) is 1. The molecule has 162 valence electrons. The van der Waals surface area contributed by atoms with Gasteiger partial charge >= 0.3 is 0 Å². The molecule has 0 amide bonds. The molecule has 1 aromatic carbocycles. The highest BCUT2D eigenvalue weighted by atomic mass is 16.5. The summed E-state index contributed by atoms with van der Waals surface area (Å²) in [5.74, 6) is 3.01. The standard InChI is InChI=1S/C24H37NO4/c1-24(2)19-8-7-18(21(24)13-19)15-29-16-20(26)14-25(3)11-10-17-6-9-22(27-4)23(12-17)28-5/h6-7,9,12,19-21,26H,8,10-11,13-16H2,1-5H3/t19-,20+,21+/m1/s1. The van der Waals surface area contributed by atoms with Crippen LogP contribution in [0.5, 0.6) is 11.5 Å². The lowest BCUT2D eigenvalue weighted by Crippen LogP contribution is -2.48. The molecule has 5 heteroatoms. The summed E-state index contributed by atoms with van der Waals surface area (Å²) in [6.45, 7) is 7.25. The van der Waals surface area contributed by atoms with Crippen molar-refractivity contribution in [3.63, 3.8) is 0 Å². The lowest BCUT2D eigenvalue weighted by molar-refractivity contribution is -0.0255. The smallest absolute Gasteiger partial charge is 0.160 e. The van der Waals surface area contributed by atoms with Crippen LogP contribution in [0, 0.1) is 17.3 Å². The highest BCUT2D eigenvalue weighted by Crippen LogP contribution is 2.59. The molecular weight excluding hydrogens is 366 g/mol. The molecule has 29 heavy (non-hydrogen) atoms. The summed E-state index contributed by atoms with van der Waals surface area (Å²) >= 11 is 0. The summed E-state index contributed by atoms with van der Waals surface area (Å²) in [6.07, 6.45) is 5.27. The number of fused-ring (bicyclic) bond motifs is 1. The van der Waals surface area contributed by atoms with Crippen molar-refractivity contribution < 1.29 is 19.3 Å². The topological polar surface area (TPSA) is 51.2 Å². The molecule has 5 nitrogen and oxygen atoms in total. The zero-order valence-electron chi connectivity index (χ0n) is 18.6. The van der Waals surface area contributed by atoms with Crippen molar-refractivity contribution in [3.8, 4) is 11.5 Å². The molecule has 4 rings (SSSR count). The van der Waals surface area contributed by atoms with Crippen molar-refractivity contribution in [2.45, 2.75) is 39.2 Å². The Bertz CT molecular complexity index is 715. The molecule has 3 atom stereocenters. The van der Waals surface area contributed by atoms with E-state index < -0.39 is 6.10 Å². The van der Waals surface area contributed by atoms with Gasteiger partial charge in [0.1, 0.15) is 0 Å². The third-order valence-electron chi connectivity index (χ3n) is 6.91. The van der Waals surface area contributed by atoms with E-state index in [0.717, 1.165) is 30.4 Å². The highest BCUT2D eigenvalue weighted by molar-refractivity contribution is 5.42. The molecule has 1 saturated carbocycles. The van der Waals surface area contributed by atoms with E-state index in [1.165, 1.54) is 24.0 Å². The largest absolute Gasteiger partial charge is 0.493 e. The fraction of sp³-hybridized carbons (Fsp3) is 0.667. The fourth-order valence-electron chi connectivity index (χ4n) is 4.81. The SMILES string of the molecule is COc1ccc(CCN(C)C[C@H](O)COCC2=CC[C@@H]3C[C@@H]2C3(C)C)cc1OC. The Morgan fingerprint density at radius 2 is 1.97 bits per heavy atom. The van der Waals surface area contributed by atoms with E-state index in [1.54, 1.807) is 14.2 Å². The first-order valence-electron chi connectivity index (χ1n) is 10.7. The van der Waals surface area contributed by atoms with E-state index in [1.807, 2.05) is 19.2 Å². The van der Waals surface area contributed by atoms with Crippen molar-refractivity contribution in [2.75, 3.05) is 47.6 Å². The highest BCUT2D eigenvalue weighted by Gasteiger charge is 2.50. The average molecular weight is 404 g/mol. The quantitative estimate of drug-likeness (QED) is 0.573. The van der Waals surface area contributed by atoms with Crippen molar-refractivity contribution in [2.24, 2.45) is 17.3 Å². The van der Waals surface area contributed by atoms with Gasteiger partial charge in [-0.1, -0.05) is 26.0 Å². The lowest BCUT2D eigenvalue weighted by Gasteiger charge is -2.56. The van der Waals surface area contributed by atoms with Gasteiger partial charge in [0.2, 0.25) is 0 Å². The predicted octanol–water partition coefficient (Wildman–Crippen LogP) is 3.55. The molecule has 0 aromatic heterocycles. The van der Waals surface area contributed by atoms with Crippen LogP contribution in [0.25, 0.3) is 0 Å². The van der Waals surface area contributed by atoms with Crippen LogP contribution in [-0.2, 0) is 11.2 Å². The molecule has 0 unspecified atom stereocenters.